The van der Waals surface area contributed by atoms with Gasteiger partial charge in [0.2, 0.25) is 0 Å². The molecule has 0 aromatic rings. The first kappa shape index (κ1) is 27.2. The smallest absolute Gasteiger partial charge is 0.133 e. The number of hydrogen-bond acceptors (Lipinski definition) is 1. The van der Waals surface area contributed by atoms with E-state index in [1.54, 1.807) is 0 Å². The molecule has 2 aliphatic carbocycles. The molecular weight excluding hydrogens is 364 g/mol. The molecule has 2 rings (SSSR count). The van der Waals surface area contributed by atoms with Crippen molar-refractivity contribution < 1.29 is 4.79 Å². The molecule has 0 bridgehead atoms. The summed E-state index contributed by atoms with van der Waals surface area (Å²) in [5.74, 6) is 2.77. The van der Waals surface area contributed by atoms with Crippen molar-refractivity contribution in [1.29, 1.82) is 0 Å². The van der Waals surface area contributed by atoms with Gasteiger partial charge in [-0.1, -0.05) is 103 Å². The standard InChI is InChI=1S/C16H30O.C13H22/c1-3-5-9-14-10-7-8-11-15(14)13-16(17)12-6-4-2;1-10(2)12-8-6-7-9-13(12,5)11(3)4/h14-15H,3-13H2,1-2H3;12H,1,3,6-9H2,2,4-5H3/t;12?,13-/m.0/s1. The number of Topliss-reactive ketones (excluding diaryl/α,β-unsaturated/α-hetero) is 1. The maximum atomic E-state index is 11.9. The molecular formula is C29H52O. The molecule has 0 N–H and O–H groups in total. The van der Waals surface area contributed by atoms with Crippen LogP contribution in [0.3, 0.4) is 0 Å². The highest BCUT2D eigenvalue weighted by Crippen LogP contribution is 2.48. The predicted octanol–water partition coefficient (Wildman–Crippen LogP) is 9.47. The van der Waals surface area contributed by atoms with Crippen molar-refractivity contribution in [1.82, 2.24) is 0 Å². The van der Waals surface area contributed by atoms with E-state index in [1.165, 1.54) is 81.8 Å². The van der Waals surface area contributed by atoms with Gasteiger partial charge in [0, 0.05) is 12.8 Å². The lowest BCUT2D eigenvalue weighted by Crippen LogP contribution is -2.32. The van der Waals surface area contributed by atoms with Crippen LogP contribution in [0.15, 0.2) is 24.3 Å². The summed E-state index contributed by atoms with van der Waals surface area (Å²) in [6.07, 6.45) is 18.7. The third-order valence-corrected chi connectivity index (χ3v) is 8.07. The van der Waals surface area contributed by atoms with Gasteiger partial charge in [0.15, 0.2) is 0 Å². The van der Waals surface area contributed by atoms with Crippen LogP contribution in [-0.2, 0) is 4.79 Å². The second-order valence-electron chi connectivity index (χ2n) is 10.6. The largest absolute Gasteiger partial charge is 0.300 e. The molecule has 174 valence electrons. The number of hydrogen-bond donors (Lipinski definition) is 0. The van der Waals surface area contributed by atoms with Crippen LogP contribution < -0.4 is 0 Å². The molecule has 0 saturated heterocycles. The zero-order valence-electron chi connectivity index (χ0n) is 21.2. The summed E-state index contributed by atoms with van der Waals surface area (Å²) < 4.78 is 0. The van der Waals surface area contributed by atoms with Crippen LogP contribution in [-0.4, -0.2) is 5.78 Å². The second kappa shape index (κ2) is 14.3. The Morgan fingerprint density at radius 3 is 2.03 bits per heavy atom. The van der Waals surface area contributed by atoms with E-state index in [9.17, 15) is 4.79 Å². The molecule has 0 spiro atoms. The average Bonchev–Trinajstić information content (AvgIpc) is 2.72. The van der Waals surface area contributed by atoms with Gasteiger partial charge in [0.1, 0.15) is 5.78 Å². The minimum absolute atomic E-state index is 0.323. The van der Waals surface area contributed by atoms with Crippen molar-refractivity contribution in [3.05, 3.63) is 24.3 Å². The zero-order chi connectivity index (χ0) is 22.6. The summed E-state index contributed by atoms with van der Waals surface area (Å²) in [5.41, 5.74) is 3.00. The zero-order valence-corrected chi connectivity index (χ0v) is 21.2. The maximum Gasteiger partial charge on any atom is 0.133 e. The first-order chi connectivity index (χ1) is 14.3. The van der Waals surface area contributed by atoms with Crippen molar-refractivity contribution in [2.45, 2.75) is 131 Å². The van der Waals surface area contributed by atoms with Crippen molar-refractivity contribution in [3.63, 3.8) is 0 Å². The first-order valence-corrected chi connectivity index (χ1v) is 13.1. The van der Waals surface area contributed by atoms with Crippen LogP contribution in [0.4, 0.5) is 0 Å². The lowest BCUT2D eigenvalue weighted by atomic mass is 9.62. The monoisotopic (exact) mass is 416 g/mol. The molecule has 0 aromatic heterocycles. The number of allylic oxidation sites excluding steroid dienone is 2. The Labute approximate surface area is 189 Å². The molecule has 30 heavy (non-hydrogen) atoms. The van der Waals surface area contributed by atoms with Gasteiger partial charge < -0.3 is 0 Å². The van der Waals surface area contributed by atoms with E-state index in [-0.39, 0.29) is 0 Å². The fourth-order valence-electron chi connectivity index (χ4n) is 5.80. The molecule has 4 atom stereocenters. The number of unbranched alkanes of at least 4 members (excludes halogenated alkanes) is 2. The quantitative estimate of drug-likeness (QED) is 0.324. The highest BCUT2D eigenvalue weighted by atomic mass is 16.1. The van der Waals surface area contributed by atoms with Crippen molar-refractivity contribution in [3.8, 4) is 0 Å². The molecule has 0 amide bonds. The van der Waals surface area contributed by atoms with Crippen LogP contribution in [0.5, 0.6) is 0 Å². The molecule has 3 unspecified atom stereocenters. The first-order valence-electron chi connectivity index (χ1n) is 13.1. The molecule has 0 radical (unpaired) electrons. The lowest BCUT2D eigenvalue weighted by molar-refractivity contribution is -0.120. The summed E-state index contributed by atoms with van der Waals surface area (Å²) in [6, 6.07) is 0. The Kier molecular flexibility index (Phi) is 12.9. The van der Waals surface area contributed by atoms with Gasteiger partial charge >= 0.3 is 0 Å². The SMILES string of the molecule is C=C(C)C1CCCC[C@@]1(C)C(=C)C.CCCCC(=O)CC1CCCCC1CCCC. The maximum absolute atomic E-state index is 11.9. The van der Waals surface area contributed by atoms with E-state index in [1.807, 2.05) is 0 Å². The Bertz CT molecular complexity index is 530. The fourth-order valence-corrected chi connectivity index (χ4v) is 5.80. The van der Waals surface area contributed by atoms with Gasteiger partial charge in [-0.3, -0.25) is 4.79 Å². The third-order valence-electron chi connectivity index (χ3n) is 8.07. The highest BCUT2D eigenvalue weighted by Gasteiger charge is 2.37. The molecule has 0 heterocycles. The van der Waals surface area contributed by atoms with Crippen LogP contribution in [0, 0.1) is 23.2 Å². The second-order valence-corrected chi connectivity index (χ2v) is 10.6. The van der Waals surface area contributed by atoms with Crippen molar-refractivity contribution in [2.75, 3.05) is 0 Å². The van der Waals surface area contributed by atoms with E-state index in [0.717, 1.165) is 37.5 Å². The van der Waals surface area contributed by atoms with Crippen LogP contribution in [0.2, 0.25) is 0 Å². The van der Waals surface area contributed by atoms with Gasteiger partial charge in [0.05, 0.1) is 0 Å². The molecule has 0 aliphatic heterocycles. The molecule has 1 heteroatoms. The topological polar surface area (TPSA) is 17.1 Å². The summed E-state index contributed by atoms with van der Waals surface area (Å²) in [7, 11) is 0. The van der Waals surface area contributed by atoms with Crippen LogP contribution in [0.25, 0.3) is 0 Å². The van der Waals surface area contributed by atoms with E-state index >= 15 is 0 Å². The van der Waals surface area contributed by atoms with Gasteiger partial charge in [0.25, 0.3) is 0 Å². The van der Waals surface area contributed by atoms with E-state index < -0.39 is 0 Å². The van der Waals surface area contributed by atoms with Gasteiger partial charge in [-0.15, -0.1) is 0 Å². The number of rotatable bonds is 10. The summed E-state index contributed by atoms with van der Waals surface area (Å²) in [6.45, 7) is 19.4. The minimum atomic E-state index is 0.323. The van der Waals surface area contributed by atoms with Crippen molar-refractivity contribution in [2.24, 2.45) is 23.2 Å². The normalized spacial score (nSPS) is 28.9. The minimum Gasteiger partial charge on any atom is -0.300 e. The average molecular weight is 417 g/mol. The van der Waals surface area contributed by atoms with E-state index in [0.29, 0.717) is 17.1 Å². The Balaban J connectivity index is 0.000000311. The molecule has 2 aliphatic rings. The Morgan fingerprint density at radius 1 is 0.900 bits per heavy atom. The van der Waals surface area contributed by atoms with Gasteiger partial charge in [-0.25, -0.2) is 0 Å². The van der Waals surface area contributed by atoms with Gasteiger partial charge in [-0.05, 0) is 62.7 Å². The molecule has 1 nitrogen and oxygen atoms in total. The fraction of sp³-hybridized carbons (Fsp3) is 0.828. The number of ketones is 1. The molecule has 2 fully saturated rings. The van der Waals surface area contributed by atoms with E-state index in [2.05, 4.69) is 47.8 Å². The summed E-state index contributed by atoms with van der Waals surface area (Å²) in [4.78, 5) is 11.9. The van der Waals surface area contributed by atoms with E-state index in [4.69, 9.17) is 0 Å². The van der Waals surface area contributed by atoms with Gasteiger partial charge in [-0.2, -0.15) is 0 Å². The van der Waals surface area contributed by atoms with Crippen LogP contribution in [0.1, 0.15) is 131 Å². The number of carbonyl (C=O) groups excluding carboxylic acids is 1. The number of carbonyl (C=O) groups is 1. The Hall–Kier alpha value is -0.850. The third kappa shape index (κ3) is 8.72. The molecule has 0 aromatic carbocycles. The highest BCUT2D eigenvalue weighted by molar-refractivity contribution is 5.78. The van der Waals surface area contributed by atoms with Crippen molar-refractivity contribution >= 4 is 5.78 Å². The molecule has 2 saturated carbocycles. The summed E-state index contributed by atoms with van der Waals surface area (Å²) >= 11 is 0. The summed E-state index contributed by atoms with van der Waals surface area (Å²) in [5, 5.41) is 0. The predicted molar refractivity (Wildman–Crippen MR) is 134 cm³/mol. The Morgan fingerprint density at radius 2 is 1.50 bits per heavy atom. The lowest BCUT2D eigenvalue weighted by Gasteiger charge is -2.43. The van der Waals surface area contributed by atoms with Crippen LogP contribution >= 0.6 is 0 Å².